The largest absolute Gasteiger partial charge is 0.103 e. The molecule has 1 aromatic carbocycles. The molecule has 102 valence electrons. The van der Waals surface area contributed by atoms with Gasteiger partial charge in [0.25, 0.3) is 0 Å². The lowest BCUT2D eigenvalue weighted by molar-refractivity contribution is 0.407. The molecule has 0 saturated heterocycles. The third-order valence-electron chi connectivity index (χ3n) is 3.56. The number of allylic oxidation sites excluding steroid dienone is 4. The topological polar surface area (TPSA) is 0 Å². The van der Waals surface area contributed by atoms with Crippen LogP contribution in [0.3, 0.4) is 0 Å². The van der Waals surface area contributed by atoms with Gasteiger partial charge in [0.2, 0.25) is 0 Å². The van der Waals surface area contributed by atoms with Crippen molar-refractivity contribution in [1.29, 1.82) is 0 Å². The minimum absolute atomic E-state index is 0.124. The lowest BCUT2D eigenvalue weighted by Crippen LogP contribution is -2.13. The van der Waals surface area contributed by atoms with E-state index in [4.69, 9.17) is 0 Å². The lowest BCUT2D eigenvalue weighted by atomic mass is 9.78. The summed E-state index contributed by atoms with van der Waals surface area (Å²) in [5, 5.41) is 0. The summed E-state index contributed by atoms with van der Waals surface area (Å²) in [6.07, 6.45) is 7.57. The maximum absolute atomic E-state index is 4.24. The maximum atomic E-state index is 4.24. The minimum atomic E-state index is 0.124. The fourth-order valence-electron chi connectivity index (χ4n) is 2.22. The molecule has 0 N–H and O–H groups in total. The second kappa shape index (κ2) is 7.13. The van der Waals surface area contributed by atoms with Crippen molar-refractivity contribution in [3.63, 3.8) is 0 Å². The molecule has 1 unspecified atom stereocenters. The number of rotatable bonds is 7. The number of hydrogen-bond donors (Lipinski definition) is 0. The average molecular weight is 254 g/mol. The molecular formula is C19H26. The summed E-state index contributed by atoms with van der Waals surface area (Å²) in [6, 6.07) is 10.4. The SMILES string of the molecule is C=CC(C)(CCC=C(C)C)CC(=C)c1ccccc1. The second-order valence-electron chi connectivity index (χ2n) is 5.82. The fourth-order valence-corrected chi connectivity index (χ4v) is 2.22. The van der Waals surface area contributed by atoms with Crippen molar-refractivity contribution in [3.8, 4) is 0 Å². The summed E-state index contributed by atoms with van der Waals surface area (Å²) in [7, 11) is 0. The first-order valence-electron chi connectivity index (χ1n) is 6.97. The summed E-state index contributed by atoms with van der Waals surface area (Å²) in [5.74, 6) is 0. The molecule has 0 radical (unpaired) electrons. The van der Waals surface area contributed by atoms with E-state index in [1.165, 1.54) is 16.7 Å². The van der Waals surface area contributed by atoms with Crippen LogP contribution < -0.4 is 0 Å². The van der Waals surface area contributed by atoms with Gasteiger partial charge in [-0.3, -0.25) is 0 Å². The Balaban J connectivity index is 2.67. The molecule has 0 aromatic heterocycles. The van der Waals surface area contributed by atoms with Crippen LogP contribution in [0.2, 0.25) is 0 Å². The van der Waals surface area contributed by atoms with Crippen molar-refractivity contribution in [2.45, 2.75) is 40.0 Å². The predicted molar refractivity (Wildman–Crippen MR) is 87.1 cm³/mol. The summed E-state index contributed by atoms with van der Waals surface area (Å²) < 4.78 is 0. The van der Waals surface area contributed by atoms with Crippen LogP contribution in [0.4, 0.5) is 0 Å². The van der Waals surface area contributed by atoms with E-state index in [0.29, 0.717) is 0 Å². The highest BCUT2D eigenvalue weighted by Gasteiger charge is 2.20. The fraction of sp³-hybridized carbons (Fsp3) is 0.368. The quantitative estimate of drug-likeness (QED) is 0.521. The summed E-state index contributed by atoms with van der Waals surface area (Å²) in [6.45, 7) is 14.8. The van der Waals surface area contributed by atoms with Crippen LogP contribution in [0.5, 0.6) is 0 Å². The Hall–Kier alpha value is -1.56. The molecule has 0 aliphatic carbocycles. The van der Waals surface area contributed by atoms with E-state index in [-0.39, 0.29) is 5.41 Å². The molecule has 0 amide bonds. The van der Waals surface area contributed by atoms with E-state index in [2.05, 4.69) is 70.3 Å². The Labute approximate surface area is 118 Å². The molecule has 0 saturated carbocycles. The van der Waals surface area contributed by atoms with Gasteiger partial charge in [-0.15, -0.1) is 6.58 Å². The molecule has 1 aromatic rings. The van der Waals surface area contributed by atoms with Crippen LogP contribution in [-0.4, -0.2) is 0 Å². The molecule has 0 heteroatoms. The van der Waals surface area contributed by atoms with Crippen LogP contribution >= 0.6 is 0 Å². The molecule has 19 heavy (non-hydrogen) atoms. The van der Waals surface area contributed by atoms with Crippen molar-refractivity contribution in [2.75, 3.05) is 0 Å². The van der Waals surface area contributed by atoms with Crippen LogP contribution in [0.15, 0.2) is 61.2 Å². The second-order valence-corrected chi connectivity index (χ2v) is 5.82. The Morgan fingerprint density at radius 1 is 1.21 bits per heavy atom. The zero-order valence-corrected chi connectivity index (χ0v) is 12.6. The molecule has 0 fully saturated rings. The first-order valence-corrected chi connectivity index (χ1v) is 6.97. The van der Waals surface area contributed by atoms with Crippen molar-refractivity contribution in [3.05, 3.63) is 66.8 Å². The highest BCUT2D eigenvalue weighted by molar-refractivity contribution is 5.63. The molecular weight excluding hydrogens is 228 g/mol. The Morgan fingerprint density at radius 2 is 1.84 bits per heavy atom. The lowest BCUT2D eigenvalue weighted by Gasteiger charge is -2.26. The Kier molecular flexibility index (Phi) is 5.82. The number of hydrogen-bond acceptors (Lipinski definition) is 0. The molecule has 0 aliphatic rings. The molecule has 0 spiro atoms. The van der Waals surface area contributed by atoms with Gasteiger partial charge in [0.1, 0.15) is 0 Å². The van der Waals surface area contributed by atoms with Gasteiger partial charge in [-0.25, -0.2) is 0 Å². The Bertz CT molecular complexity index is 446. The molecule has 1 atom stereocenters. The van der Waals surface area contributed by atoms with E-state index in [1.54, 1.807) is 0 Å². The predicted octanol–water partition coefficient (Wildman–Crippen LogP) is 6.03. The van der Waals surface area contributed by atoms with Crippen molar-refractivity contribution in [1.82, 2.24) is 0 Å². The van der Waals surface area contributed by atoms with Gasteiger partial charge in [-0.2, -0.15) is 0 Å². The van der Waals surface area contributed by atoms with E-state index in [0.717, 1.165) is 19.3 Å². The van der Waals surface area contributed by atoms with E-state index >= 15 is 0 Å². The summed E-state index contributed by atoms with van der Waals surface area (Å²) in [5.41, 5.74) is 3.94. The maximum Gasteiger partial charge on any atom is -0.0106 e. The van der Waals surface area contributed by atoms with Crippen LogP contribution in [0.25, 0.3) is 5.57 Å². The van der Waals surface area contributed by atoms with Gasteiger partial charge >= 0.3 is 0 Å². The van der Waals surface area contributed by atoms with Gasteiger partial charge < -0.3 is 0 Å². The van der Waals surface area contributed by atoms with Crippen LogP contribution in [0.1, 0.15) is 45.6 Å². The van der Waals surface area contributed by atoms with Crippen molar-refractivity contribution in [2.24, 2.45) is 5.41 Å². The standard InChI is InChI=1S/C19H26/c1-6-19(5,14-10-11-16(2)3)15-17(4)18-12-8-7-9-13-18/h6-9,11-13H,1,4,10,14-15H2,2-3,5H3. The average Bonchev–Trinajstić information content (AvgIpc) is 2.39. The summed E-state index contributed by atoms with van der Waals surface area (Å²) >= 11 is 0. The van der Waals surface area contributed by atoms with Gasteiger partial charge in [0.05, 0.1) is 0 Å². The molecule has 1 rings (SSSR count). The van der Waals surface area contributed by atoms with Gasteiger partial charge in [0.15, 0.2) is 0 Å². The first-order chi connectivity index (χ1) is 8.97. The minimum Gasteiger partial charge on any atom is -0.103 e. The van der Waals surface area contributed by atoms with E-state index in [9.17, 15) is 0 Å². The van der Waals surface area contributed by atoms with Gasteiger partial charge in [-0.05, 0) is 49.7 Å². The highest BCUT2D eigenvalue weighted by atomic mass is 14.2. The highest BCUT2D eigenvalue weighted by Crippen LogP contribution is 2.35. The van der Waals surface area contributed by atoms with E-state index < -0.39 is 0 Å². The molecule has 0 bridgehead atoms. The zero-order valence-electron chi connectivity index (χ0n) is 12.6. The summed E-state index contributed by atoms with van der Waals surface area (Å²) in [4.78, 5) is 0. The zero-order chi connectivity index (χ0) is 14.3. The molecule has 0 heterocycles. The number of benzene rings is 1. The van der Waals surface area contributed by atoms with E-state index in [1.807, 2.05) is 6.07 Å². The normalized spacial score (nSPS) is 13.4. The van der Waals surface area contributed by atoms with Crippen LogP contribution in [0, 0.1) is 5.41 Å². The molecule has 0 nitrogen and oxygen atoms in total. The third-order valence-corrected chi connectivity index (χ3v) is 3.56. The smallest absolute Gasteiger partial charge is 0.0106 e. The molecule has 0 aliphatic heterocycles. The van der Waals surface area contributed by atoms with Gasteiger partial charge in [0, 0.05) is 0 Å². The Morgan fingerprint density at radius 3 is 2.37 bits per heavy atom. The monoisotopic (exact) mass is 254 g/mol. The third kappa shape index (κ3) is 5.30. The first kappa shape index (κ1) is 15.5. The van der Waals surface area contributed by atoms with Gasteiger partial charge in [-0.1, -0.05) is 61.6 Å². The van der Waals surface area contributed by atoms with Crippen LogP contribution in [-0.2, 0) is 0 Å². The van der Waals surface area contributed by atoms with Crippen molar-refractivity contribution < 1.29 is 0 Å². The van der Waals surface area contributed by atoms with Crippen molar-refractivity contribution >= 4 is 5.57 Å².